The maximum atomic E-state index is 14.9. The van der Waals surface area contributed by atoms with Crippen LogP contribution in [0.1, 0.15) is 10.5 Å². The molecule has 164 valence electrons. The Labute approximate surface area is 182 Å². The quantitative estimate of drug-likeness (QED) is 0.598. The zero-order chi connectivity index (χ0) is 22.0. The van der Waals surface area contributed by atoms with E-state index in [4.69, 9.17) is 4.74 Å². The van der Waals surface area contributed by atoms with Crippen LogP contribution in [0.2, 0.25) is 0 Å². The number of thiol groups is 1. The fraction of sp³-hybridized carbons (Fsp3) is 0.368. The molecule has 2 saturated heterocycles. The summed E-state index contributed by atoms with van der Waals surface area (Å²) in [5.41, 5.74) is 1.21. The summed E-state index contributed by atoms with van der Waals surface area (Å²) in [4.78, 5) is 46.9. The summed E-state index contributed by atoms with van der Waals surface area (Å²) >= 11 is 3.61. The Morgan fingerprint density at radius 1 is 1.29 bits per heavy atom. The number of ether oxygens (including phenoxy) is 1. The molecule has 4 rings (SSSR count). The monoisotopic (exact) mass is 448 g/mol. The minimum Gasteiger partial charge on any atom is -0.442 e. The van der Waals surface area contributed by atoms with Crippen LogP contribution in [-0.2, 0) is 4.74 Å². The van der Waals surface area contributed by atoms with Crippen molar-refractivity contribution in [3.05, 3.63) is 42.2 Å². The predicted molar refractivity (Wildman–Crippen MR) is 113 cm³/mol. The standard InChI is InChI=1S/C19H21FN6O4S/c20-14-7-12(26-10-13(30-19(26)29)8-22-18(28)31)1-2-16(14)24-3-5-25(6-4-24)17(27)15-9-21-11-23-15/h1-2,7,9,11,13H,3-6,8,10H2,(H,21,23)(H2,22,28,31). The van der Waals surface area contributed by atoms with Crippen molar-refractivity contribution in [1.82, 2.24) is 20.2 Å². The number of carbonyl (C=O) groups is 3. The minimum absolute atomic E-state index is 0.132. The van der Waals surface area contributed by atoms with Crippen LogP contribution in [0, 0.1) is 5.82 Å². The topological polar surface area (TPSA) is 111 Å². The largest absolute Gasteiger partial charge is 0.442 e. The number of aromatic amines is 1. The molecule has 0 aliphatic carbocycles. The van der Waals surface area contributed by atoms with E-state index in [1.807, 2.05) is 4.90 Å². The molecule has 1 aromatic carbocycles. The SMILES string of the molecule is O=C(S)NCC1CN(c2ccc(N3CCN(C(=O)c4cnc[nH]4)CC3)c(F)c2)C(=O)O1. The van der Waals surface area contributed by atoms with Crippen LogP contribution in [0.4, 0.5) is 25.4 Å². The fourth-order valence-electron chi connectivity index (χ4n) is 3.65. The molecule has 0 bridgehead atoms. The number of halogens is 1. The Bertz CT molecular complexity index is 980. The lowest BCUT2D eigenvalue weighted by molar-refractivity contribution is 0.0741. The van der Waals surface area contributed by atoms with Gasteiger partial charge in [-0.25, -0.2) is 14.2 Å². The zero-order valence-corrected chi connectivity index (χ0v) is 17.3. The smallest absolute Gasteiger partial charge is 0.414 e. The molecule has 2 fully saturated rings. The highest BCUT2D eigenvalue weighted by Gasteiger charge is 2.33. The molecule has 2 aromatic rings. The molecule has 1 atom stereocenters. The van der Waals surface area contributed by atoms with Gasteiger partial charge in [0, 0.05) is 26.2 Å². The number of imidazole rings is 1. The van der Waals surface area contributed by atoms with E-state index in [1.165, 1.54) is 23.5 Å². The number of rotatable bonds is 5. The first-order chi connectivity index (χ1) is 14.9. The average Bonchev–Trinajstić information content (AvgIpc) is 3.42. The van der Waals surface area contributed by atoms with Crippen LogP contribution in [0.5, 0.6) is 0 Å². The Kier molecular flexibility index (Phi) is 5.98. The van der Waals surface area contributed by atoms with Gasteiger partial charge in [-0.05, 0) is 18.2 Å². The maximum Gasteiger partial charge on any atom is 0.414 e. The molecule has 10 nitrogen and oxygen atoms in total. The molecule has 1 unspecified atom stereocenters. The normalized spacial score (nSPS) is 18.8. The summed E-state index contributed by atoms with van der Waals surface area (Å²) in [6.07, 6.45) is 1.80. The number of cyclic esters (lactones) is 1. The van der Waals surface area contributed by atoms with Gasteiger partial charge in [-0.3, -0.25) is 14.5 Å². The summed E-state index contributed by atoms with van der Waals surface area (Å²) in [5, 5.41) is 1.95. The summed E-state index contributed by atoms with van der Waals surface area (Å²) < 4.78 is 20.1. The first kappa shape index (κ1) is 21.0. The van der Waals surface area contributed by atoms with Crippen molar-refractivity contribution in [2.75, 3.05) is 49.1 Å². The maximum absolute atomic E-state index is 14.9. The van der Waals surface area contributed by atoms with Crippen molar-refractivity contribution in [2.45, 2.75) is 6.10 Å². The van der Waals surface area contributed by atoms with E-state index in [0.717, 1.165) is 0 Å². The van der Waals surface area contributed by atoms with E-state index >= 15 is 0 Å². The van der Waals surface area contributed by atoms with Crippen molar-refractivity contribution >= 4 is 41.2 Å². The summed E-state index contributed by atoms with van der Waals surface area (Å²) in [6.45, 7) is 2.19. The number of aromatic nitrogens is 2. The van der Waals surface area contributed by atoms with E-state index in [1.54, 1.807) is 17.0 Å². The molecule has 2 aliphatic rings. The van der Waals surface area contributed by atoms with Gasteiger partial charge in [-0.1, -0.05) is 12.6 Å². The third-order valence-corrected chi connectivity index (χ3v) is 5.39. The van der Waals surface area contributed by atoms with Crippen molar-refractivity contribution in [2.24, 2.45) is 0 Å². The lowest BCUT2D eigenvalue weighted by Gasteiger charge is -2.36. The van der Waals surface area contributed by atoms with Gasteiger partial charge in [0.15, 0.2) is 0 Å². The zero-order valence-electron chi connectivity index (χ0n) is 16.5. The minimum atomic E-state index is -0.600. The van der Waals surface area contributed by atoms with Gasteiger partial charge in [0.05, 0.1) is 37.0 Å². The van der Waals surface area contributed by atoms with E-state index in [2.05, 4.69) is 27.9 Å². The molecule has 2 aliphatic heterocycles. The van der Waals surface area contributed by atoms with Crippen LogP contribution in [0.25, 0.3) is 0 Å². The number of anilines is 2. The highest BCUT2D eigenvalue weighted by molar-refractivity contribution is 7.96. The van der Waals surface area contributed by atoms with Crippen LogP contribution in [-0.4, -0.2) is 77.5 Å². The number of carbonyl (C=O) groups excluding carboxylic acids is 3. The van der Waals surface area contributed by atoms with Crippen LogP contribution < -0.4 is 15.1 Å². The first-order valence-electron chi connectivity index (χ1n) is 9.69. The number of nitrogens with zero attached hydrogens (tertiary/aromatic N) is 4. The third-order valence-electron chi connectivity index (χ3n) is 5.23. The summed E-state index contributed by atoms with van der Waals surface area (Å²) in [6, 6.07) is 4.56. The number of amides is 3. The Morgan fingerprint density at radius 3 is 2.71 bits per heavy atom. The van der Waals surface area contributed by atoms with Gasteiger partial charge in [-0.15, -0.1) is 0 Å². The Balaban J connectivity index is 1.38. The van der Waals surface area contributed by atoms with Crippen molar-refractivity contribution in [3.8, 4) is 0 Å². The van der Waals surface area contributed by atoms with Crippen LogP contribution in [0.3, 0.4) is 0 Å². The molecule has 31 heavy (non-hydrogen) atoms. The molecule has 3 amide bonds. The highest BCUT2D eigenvalue weighted by Crippen LogP contribution is 2.28. The van der Waals surface area contributed by atoms with Crippen molar-refractivity contribution < 1.29 is 23.5 Å². The molecule has 0 saturated carbocycles. The third kappa shape index (κ3) is 4.58. The number of benzene rings is 1. The van der Waals surface area contributed by atoms with E-state index in [9.17, 15) is 18.8 Å². The Hall–Kier alpha value is -3.28. The van der Waals surface area contributed by atoms with Gasteiger partial charge in [-0.2, -0.15) is 0 Å². The first-order valence-corrected chi connectivity index (χ1v) is 10.1. The van der Waals surface area contributed by atoms with E-state index in [-0.39, 0.29) is 19.0 Å². The second kappa shape index (κ2) is 8.84. The second-order valence-corrected chi connectivity index (χ2v) is 7.59. The molecule has 2 N–H and O–H groups in total. The molecule has 0 spiro atoms. The van der Waals surface area contributed by atoms with Crippen LogP contribution in [0.15, 0.2) is 30.7 Å². The summed E-state index contributed by atoms with van der Waals surface area (Å²) in [5.74, 6) is -0.602. The van der Waals surface area contributed by atoms with Gasteiger partial charge >= 0.3 is 6.09 Å². The molecule has 3 heterocycles. The molecule has 0 radical (unpaired) electrons. The predicted octanol–water partition coefficient (Wildman–Crippen LogP) is 1.48. The number of nitrogens with one attached hydrogen (secondary N) is 2. The molecular formula is C19H21FN6O4S. The van der Waals surface area contributed by atoms with Crippen molar-refractivity contribution in [3.63, 3.8) is 0 Å². The summed E-state index contributed by atoms with van der Waals surface area (Å²) in [7, 11) is 0. The number of H-pyrrole nitrogens is 1. The van der Waals surface area contributed by atoms with Gasteiger partial charge in [0.1, 0.15) is 17.6 Å². The lowest BCUT2D eigenvalue weighted by Crippen LogP contribution is -2.49. The van der Waals surface area contributed by atoms with Gasteiger partial charge < -0.3 is 24.8 Å². The second-order valence-electron chi connectivity index (χ2n) is 7.18. The number of hydrogen-bond donors (Lipinski definition) is 3. The Morgan fingerprint density at radius 2 is 2.06 bits per heavy atom. The molecule has 1 aromatic heterocycles. The lowest BCUT2D eigenvalue weighted by atomic mass is 10.2. The highest BCUT2D eigenvalue weighted by atomic mass is 32.1. The fourth-order valence-corrected chi connectivity index (χ4v) is 3.74. The van der Waals surface area contributed by atoms with Gasteiger partial charge in [0.2, 0.25) is 0 Å². The van der Waals surface area contributed by atoms with Gasteiger partial charge in [0.25, 0.3) is 11.1 Å². The molecular weight excluding hydrogens is 427 g/mol. The number of piperazine rings is 1. The number of hydrogen-bond acceptors (Lipinski definition) is 6. The average molecular weight is 448 g/mol. The van der Waals surface area contributed by atoms with Crippen molar-refractivity contribution in [1.29, 1.82) is 0 Å². The van der Waals surface area contributed by atoms with E-state index < -0.39 is 23.3 Å². The van der Waals surface area contributed by atoms with Crippen LogP contribution >= 0.6 is 12.6 Å². The van der Waals surface area contributed by atoms with E-state index in [0.29, 0.717) is 43.2 Å². The molecule has 12 heteroatoms.